The number of thioether (sulfide) groups is 2. The summed E-state index contributed by atoms with van der Waals surface area (Å²) in [4.78, 5) is 30.8. The van der Waals surface area contributed by atoms with Crippen molar-refractivity contribution in [3.05, 3.63) is 77.6 Å². The highest BCUT2D eigenvalue weighted by Gasteiger charge is 2.36. The first-order valence-electron chi connectivity index (χ1n) is 12.8. The number of carbonyl (C=O) groups excluding carboxylic acids is 1. The smallest absolute Gasteiger partial charge is 0.251 e. The van der Waals surface area contributed by atoms with Crippen molar-refractivity contribution in [1.82, 2.24) is 25.6 Å². The molecule has 0 spiro atoms. The molecule has 2 aliphatic heterocycles. The van der Waals surface area contributed by atoms with Crippen molar-refractivity contribution in [2.45, 2.75) is 30.4 Å². The summed E-state index contributed by atoms with van der Waals surface area (Å²) in [6, 6.07) is 19.0. The second-order valence-electron chi connectivity index (χ2n) is 9.67. The Balaban J connectivity index is 1.20. The van der Waals surface area contributed by atoms with Crippen LogP contribution >= 0.6 is 23.5 Å². The molecule has 0 saturated carbocycles. The second-order valence-corrected chi connectivity index (χ2v) is 11.6. The van der Waals surface area contributed by atoms with Crippen LogP contribution in [-0.2, 0) is 6.54 Å². The fourth-order valence-electron chi connectivity index (χ4n) is 5.12. The highest BCUT2D eigenvalue weighted by molar-refractivity contribution is 7.99. The quantitative estimate of drug-likeness (QED) is 0.344. The third-order valence-electron chi connectivity index (χ3n) is 7.23. The van der Waals surface area contributed by atoms with E-state index in [1.165, 1.54) is 5.56 Å². The van der Waals surface area contributed by atoms with Gasteiger partial charge in [-0.1, -0.05) is 12.1 Å². The zero-order valence-corrected chi connectivity index (χ0v) is 23.1. The molecule has 0 radical (unpaired) electrons. The van der Waals surface area contributed by atoms with Crippen LogP contribution in [0.2, 0.25) is 0 Å². The van der Waals surface area contributed by atoms with E-state index in [2.05, 4.69) is 39.6 Å². The van der Waals surface area contributed by atoms with Crippen LogP contribution < -0.4 is 15.5 Å². The summed E-state index contributed by atoms with van der Waals surface area (Å²) in [6.45, 7) is 4.33. The maximum absolute atomic E-state index is 12.8. The molecule has 4 aromatic rings. The second kappa shape index (κ2) is 10.9. The van der Waals surface area contributed by atoms with Gasteiger partial charge in [0.25, 0.3) is 5.91 Å². The number of carbonyl (C=O) groups is 1. The minimum atomic E-state index is -0.110. The van der Waals surface area contributed by atoms with Gasteiger partial charge in [-0.2, -0.15) is 11.8 Å². The molecule has 2 N–H and O–H groups in total. The number of aryl methyl sites for hydroxylation is 1. The molecule has 194 valence electrons. The van der Waals surface area contributed by atoms with Crippen molar-refractivity contribution in [1.29, 1.82) is 0 Å². The number of pyridine rings is 3. The first-order chi connectivity index (χ1) is 18.6. The molecule has 5 heterocycles. The van der Waals surface area contributed by atoms with Gasteiger partial charge in [0, 0.05) is 52.7 Å². The van der Waals surface area contributed by atoms with Gasteiger partial charge in [0.2, 0.25) is 0 Å². The molecule has 2 aliphatic rings. The lowest BCUT2D eigenvalue weighted by molar-refractivity contribution is 0.0950. The Morgan fingerprint density at radius 1 is 1.13 bits per heavy atom. The third kappa shape index (κ3) is 5.10. The number of amides is 1. The number of anilines is 1. The first kappa shape index (κ1) is 25.2. The average molecular weight is 543 g/mol. The molecule has 7 nitrogen and oxygen atoms in total. The fourth-order valence-corrected chi connectivity index (χ4v) is 7.14. The van der Waals surface area contributed by atoms with Gasteiger partial charge >= 0.3 is 0 Å². The SMILES string of the molecule is CSc1cc(C(=O)NCc2cc3nc(-c4cccc(N5CCNC6CSCC65)n4)ccc3cn2)ccc1C. The molecule has 38 heavy (non-hydrogen) atoms. The summed E-state index contributed by atoms with van der Waals surface area (Å²) in [6.07, 6.45) is 3.83. The van der Waals surface area contributed by atoms with Crippen molar-refractivity contribution in [3.63, 3.8) is 0 Å². The van der Waals surface area contributed by atoms with Crippen LogP contribution in [0.4, 0.5) is 5.82 Å². The lowest BCUT2D eigenvalue weighted by atomic mass is 10.1. The number of nitrogens with one attached hydrogen (secondary N) is 2. The number of rotatable bonds is 6. The predicted octanol–water partition coefficient (Wildman–Crippen LogP) is 4.55. The summed E-state index contributed by atoms with van der Waals surface area (Å²) < 4.78 is 0. The summed E-state index contributed by atoms with van der Waals surface area (Å²) in [7, 11) is 0. The van der Waals surface area contributed by atoms with Crippen LogP contribution in [0.15, 0.2) is 65.7 Å². The monoisotopic (exact) mass is 542 g/mol. The number of fused-ring (bicyclic) bond motifs is 2. The van der Waals surface area contributed by atoms with Crippen molar-refractivity contribution in [3.8, 4) is 11.4 Å². The van der Waals surface area contributed by atoms with E-state index in [0.29, 0.717) is 24.2 Å². The van der Waals surface area contributed by atoms with Gasteiger partial charge in [0.15, 0.2) is 0 Å². The van der Waals surface area contributed by atoms with E-state index in [-0.39, 0.29) is 5.91 Å². The highest BCUT2D eigenvalue weighted by Crippen LogP contribution is 2.30. The van der Waals surface area contributed by atoms with Gasteiger partial charge < -0.3 is 15.5 Å². The minimum Gasteiger partial charge on any atom is -0.350 e. The zero-order chi connectivity index (χ0) is 26.1. The molecule has 2 atom stereocenters. The van der Waals surface area contributed by atoms with E-state index in [9.17, 15) is 4.79 Å². The van der Waals surface area contributed by atoms with Gasteiger partial charge in [0.05, 0.1) is 35.2 Å². The van der Waals surface area contributed by atoms with Gasteiger partial charge in [0.1, 0.15) is 5.82 Å². The topological polar surface area (TPSA) is 83.0 Å². The summed E-state index contributed by atoms with van der Waals surface area (Å²) >= 11 is 3.65. The predicted molar refractivity (Wildman–Crippen MR) is 157 cm³/mol. The Labute approximate surface area is 231 Å². The largest absolute Gasteiger partial charge is 0.350 e. The molecule has 9 heteroatoms. The van der Waals surface area contributed by atoms with Gasteiger partial charge in [-0.15, -0.1) is 11.8 Å². The molecule has 6 rings (SSSR count). The summed E-state index contributed by atoms with van der Waals surface area (Å²) in [5.74, 6) is 3.20. The van der Waals surface area contributed by atoms with Gasteiger partial charge in [-0.3, -0.25) is 9.78 Å². The lowest BCUT2D eigenvalue weighted by Gasteiger charge is -2.38. The Hall–Kier alpha value is -3.14. The third-order valence-corrected chi connectivity index (χ3v) is 9.28. The van der Waals surface area contributed by atoms with Crippen LogP contribution in [0.3, 0.4) is 0 Å². The molecule has 2 unspecified atom stereocenters. The van der Waals surface area contributed by atoms with Crippen LogP contribution in [0.1, 0.15) is 21.6 Å². The Morgan fingerprint density at radius 2 is 2.03 bits per heavy atom. The molecule has 0 bridgehead atoms. The lowest BCUT2D eigenvalue weighted by Crippen LogP contribution is -2.57. The minimum absolute atomic E-state index is 0.110. The maximum atomic E-state index is 12.8. The van der Waals surface area contributed by atoms with E-state index in [1.807, 2.05) is 66.7 Å². The molecule has 1 aromatic carbocycles. The van der Waals surface area contributed by atoms with E-state index in [1.54, 1.807) is 11.8 Å². The molecule has 3 aromatic heterocycles. The fraction of sp³-hybridized carbons (Fsp3) is 0.310. The van der Waals surface area contributed by atoms with Crippen LogP contribution in [-0.4, -0.2) is 63.8 Å². The van der Waals surface area contributed by atoms with Crippen LogP contribution in [0, 0.1) is 6.92 Å². The number of benzene rings is 1. The Kier molecular flexibility index (Phi) is 7.23. The molecular formula is C29H30N6OS2. The number of aromatic nitrogens is 3. The van der Waals surface area contributed by atoms with E-state index in [0.717, 1.165) is 63.3 Å². The summed E-state index contributed by atoms with van der Waals surface area (Å²) in [5.41, 5.74) is 5.11. The highest BCUT2D eigenvalue weighted by atomic mass is 32.2. The van der Waals surface area contributed by atoms with Crippen LogP contribution in [0.25, 0.3) is 22.3 Å². The maximum Gasteiger partial charge on any atom is 0.251 e. The van der Waals surface area contributed by atoms with Gasteiger partial charge in [-0.05, 0) is 61.2 Å². The number of nitrogens with zero attached hydrogens (tertiary/aromatic N) is 4. The Morgan fingerprint density at radius 3 is 2.92 bits per heavy atom. The first-order valence-corrected chi connectivity index (χ1v) is 15.2. The van der Waals surface area contributed by atoms with Crippen molar-refractivity contribution in [2.75, 3.05) is 35.8 Å². The van der Waals surface area contributed by atoms with E-state index >= 15 is 0 Å². The number of hydrogen-bond acceptors (Lipinski definition) is 8. The number of hydrogen-bond donors (Lipinski definition) is 2. The Bertz CT molecular complexity index is 1500. The van der Waals surface area contributed by atoms with Crippen molar-refractivity contribution >= 4 is 46.2 Å². The molecule has 1 amide bonds. The standard InChI is InChI=1S/C29H30N6OS2/c1-18-6-7-19(12-27(18)37-2)29(36)32-15-21-13-24-20(14-31-21)8-9-23(33-24)22-4-3-5-28(34-22)35-11-10-30-25-16-38-17-26(25)35/h3-9,12-14,25-26,30H,10-11,15-17H2,1-2H3,(H,32,36). The normalized spacial score (nSPS) is 18.9. The van der Waals surface area contributed by atoms with E-state index in [4.69, 9.17) is 9.97 Å². The molecule has 2 saturated heterocycles. The van der Waals surface area contributed by atoms with Crippen molar-refractivity contribution in [2.24, 2.45) is 0 Å². The van der Waals surface area contributed by atoms with Gasteiger partial charge in [-0.25, -0.2) is 9.97 Å². The van der Waals surface area contributed by atoms with Crippen LogP contribution in [0.5, 0.6) is 0 Å². The zero-order valence-electron chi connectivity index (χ0n) is 21.5. The average Bonchev–Trinajstić information content (AvgIpc) is 3.45. The molecule has 2 fully saturated rings. The molecule has 0 aliphatic carbocycles. The number of piperazine rings is 1. The van der Waals surface area contributed by atoms with E-state index < -0.39 is 0 Å². The molecular weight excluding hydrogens is 512 g/mol. The summed E-state index contributed by atoms with van der Waals surface area (Å²) in [5, 5.41) is 7.60. The van der Waals surface area contributed by atoms with Crippen molar-refractivity contribution < 1.29 is 4.79 Å².